The molecule has 1 heterocycles. The van der Waals surface area contributed by atoms with Crippen LogP contribution in [0.15, 0.2) is 35.3 Å². The lowest BCUT2D eigenvalue weighted by atomic mass is 9.84. The molecule has 1 aliphatic carbocycles. The van der Waals surface area contributed by atoms with E-state index in [1.54, 1.807) is 11.9 Å². The van der Waals surface area contributed by atoms with Gasteiger partial charge in [-0.25, -0.2) is 0 Å². The summed E-state index contributed by atoms with van der Waals surface area (Å²) in [5.74, 6) is 1.40. The first kappa shape index (κ1) is 26.4. The number of halogens is 1. The summed E-state index contributed by atoms with van der Waals surface area (Å²) < 4.78 is 0. The molecule has 2 aliphatic rings. The van der Waals surface area contributed by atoms with Crippen molar-refractivity contribution in [3.63, 3.8) is 0 Å². The van der Waals surface area contributed by atoms with Crippen LogP contribution in [0.4, 0.5) is 0 Å². The number of benzene rings is 1. The predicted octanol–water partition coefficient (Wildman–Crippen LogP) is 2.51. The number of hydrogen-bond acceptors (Lipinski definition) is 3. The Morgan fingerprint density at radius 2 is 1.88 bits per heavy atom. The van der Waals surface area contributed by atoms with E-state index in [0.717, 1.165) is 45.2 Å². The smallest absolute Gasteiger partial charge is 0.230 e. The molecule has 2 amide bonds. The molecule has 1 aromatic carbocycles. The number of carbonyl (C=O) groups is 2. The SMILES string of the molecule is CN=C(NCC1CC(=O)N(CCc2ccccc2)C1)NCC1(C(=O)N(C)C)CCCC1.I. The molecule has 0 radical (unpaired) electrons. The Labute approximate surface area is 209 Å². The van der Waals surface area contributed by atoms with Gasteiger partial charge in [-0.3, -0.25) is 14.6 Å². The first-order chi connectivity index (χ1) is 14.9. The first-order valence-electron chi connectivity index (χ1n) is 11.4. The number of nitrogens with zero attached hydrogens (tertiary/aromatic N) is 3. The number of guanidine groups is 1. The molecule has 1 unspecified atom stereocenters. The molecule has 32 heavy (non-hydrogen) atoms. The van der Waals surface area contributed by atoms with E-state index in [0.29, 0.717) is 25.5 Å². The summed E-state index contributed by atoms with van der Waals surface area (Å²) in [6, 6.07) is 10.3. The van der Waals surface area contributed by atoms with Gasteiger partial charge in [-0.05, 0) is 24.8 Å². The maximum absolute atomic E-state index is 12.8. The van der Waals surface area contributed by atoms with Crippen LogP contribution in [0.1, 0.15) is 37.7 Å². The van der Waals surface area contributed by atoms with Crippen LogP contribution < -0.4 is 10.6 Å². The van der Waals surface area contributed by atoms with E-state index in [9.17, 15) is 9.59 Å². The molecule has 1 saturated carbocycles. The molecule has 1 aromatic rings. The van der Waals surface area contributed by atoms with Gasteiger partial charge in [0.2, 0.25) is 11.8 Å². The van der Waals surface area contributed by atoms with Crippen molar-refractivity contribution in [2.45, 2.75) is 38.5 Å². The maximum atomic E-state index is 12.8. The summed E-state index contributed by atoms with van der Waals surface area (Å²) in [5, 5.41) is 6.74. The molecular weight excluding hydrogens is 517 g/mol. The maximum Gasteiger partial charge on any atom is 0.230 e. The minimum Gasteiger partial charge on any atom is -0.356 e. The summed E-state index contributed by atoms with van der Waals surface area (Å²) in [4.78, 5) is 33.2. The highest BCUT2D eigenvalue weighted by atomic mass is 127. The highest BCUT2D eigenvalue weighted by Gasteiger charge is 2.42. The lowest BCUT2D eigenvalue weighted by Gasteiger charge is -2.31. The van der Waals surface area contributed by atoms with E-state index >= 15 is 0 Å². The van der Waals surface area contributed by atoms with Crippen LogP contribution in [-0.4, -0.2) is 74.9 Å². The number of aliphatic imine (C=N–C) groups is 1. The molecule has 0 bridgehead atoms. The molecule has 2 fully saturated rings. The Bertz CT molecular complexity index is 778. The van der Waals surface area contributed by atoms with Gasteiger partial charge < -0.3 is 20.4 Å². The number of amides is 2. The van der Waals surface area contributed by atoms with Gasteiger partial charge in [-0.15, -0.1) is 24.0 Å². The Morgan fingerprint density at radius 1 is 1.19 bits per heavy atom. The van der Waals surface area contributed by atoms with E-state index in [1.165, 1.54) is 5.56 Å². The Kier molecular flexibility index (Phi) is 10.2. The summed E-state index contributed by atoms with van der Waals surface area (Å²) in [7, 11) is 5.41. The molecule has 178 valence electrons. The van der Waals surface area contributed by atoms with Gasteiger partial charge in [0.1, 0.15) is 0 Å². The van der Waals surface area contributed by atoms with Crippen LogP contribution in [0.25, 0.3) is 0 Å². The van der Waals surface area contributed by atoms with Crippen LogP contribution in [0, 0.1) is 11.3 Å². The highest BCUT2D eigenvalue weighted by molar-refractivity contribution is 14.0. The topological polar surface area (TPSA) is 77.0 Å². The summed E-state index contributed by atoms with van der Waals surface area (Å²) in [6.45, 7) is 2.83. The third-order valence-corrected chi connectivity index (χ3v) is 6.60. The summed E-state index contributed by atoms with van der Waals surface area (Å²) in [5.41, 5.74) is 0.924. The van der Waals surface area contributed by atoms with Crippen LogP contribution in [-0.2, 0) is 16.0 Å². The third-order valence-electron chi connectivity index (χ3n) is 6.60. The van der Waals surface area contributed by atoms with E-state index in [1.807, 2.05) is 37.2 Å². The number of carbonyl (C=O) groups excluding carboxylic acids is 2. The average Bonchev–Trinajstić information content (AvgIpc) is 3.39. The largest absolute Gasteiger partial charge is 0.356 e. The van der Waals surface area contributed by atoms with Gasteiger partial charge in [0.15, 0.2) is 5.96 Å². The molecule has 7 nitrogen and oxygen atoms in total. The second kappa shape index (κ2) is 12.4. The number of nitrogens with one attached hydrogen (secondary N) is 2. The Morgan fingerprint density at radius 3 is 2.50 bits per heavy atom. The van der Waals surface area contributed by atoms with Gasteiger partial charge in [0.05, 0.1) is 5.41 Å². The van der Waals surface area contributed by atoms with Gasteiger partial charge in [0, 0.05) is 59.7 Å². The van der Waals surface area contributed by atoms with Crippen LogP contribution in [0.2, 0.25) is 0 Å². The van der Waals surface area contributed by atoms with Crippen LogP contribution >= 0.6 is 24.0 Å². The highest BCUT2D eigenvalue weighted by Crippen LogP contribution is 2.38. The fraction of sp³-hybridized carbons (Fsp3) is 0.625. The van der Waals surface area contributed by atoms with Crippen LogP contribution in [0.5, 0.6) is 0 Å². The zero-order chi connectivity index (χ0) is 22.3. The first-order valence-corrected chi connectivity index (χ1v) is 11.4. The molecule has 0 spiro atoms. The summed E-state index contributed by atoms with van der Waals surface area (Å²) >= 11 is 0. The number of hydrogen-bond donors (Lipinski definition) is 2. The normalized spacial score (nSPS) is 20.1. The van der Waals surface area contributed by atoms with Gasteiger partial charge in [-0.1, -0.05) is 43.2 Å². The molecule has 1 saturated heterocycles. The fourth-order valence-corrected chi connectivity index (χ4v) is 4.82. The second-order valence-electron chi connectivity index (χ2n) is 9.14. The van der Waals surface area contributed by atoms with Crippen molar-refractivity contribution in [2.75, 3.05) is 47.3 Å². The number of likely N-dealkylation sites (tertiary alicyclic amines) is 1. The van der Waals surface area contributed by atoms with E-state index < -0.39 is 0 Å². The summed E-state index contributed by atoms with van der Waals surface area (Å²) in [6.07, 6.45) is 5.48. The quantitative estimate of drug-likeness (QED) is 0.294. The zero-order valence-electron chi connectivity index (χ0n) is 19.6. The average molecular weight is 556 g/mol. The van der Waals surface area contributed by atoms with Gasteiger partial charge >= 0.3 is 0 Å². The Balaban J connectivity index is 0.00000363. The van der Waals surface area contributed by atoms with E-state index in [2.05, 4.69) is 27.8 Å². The van der Waals surface area contributed by atoms with Crippen molar-refractivity contribution in [1.82, 2.24) is 20.4 Å². The monoisotopic (exact) mass is 555 g/mol. The predicted molar refractivity (Wildman–Crippen MR) is 139 cm³/mol. The van der Waals surface area contributed by atoms with Gasteiger partial charge in [-0.2, -0.15) is 0 Å². The minimum atomic E-state index is -0.335. The lowest BCUT2D eigenvalue weighted by molar-refractivity contribution is -0.138. The fourth-order valence-electron chi connectivity index (χ4n) is 4.82. The molecule has 0 aromatic heterocycles. The third kappa shape index (κ3) is 6.83. The standard InChI is InChI=1S/C24H37N5O2.HI/c1-25-23(27-18-24(12-7-8-13-24)22(31)28(2)3)26-16-20-15-21(30)29(17-20)14-11-19-9-5-4-6-10-19;/h4-6,9-10,20H,7-8,11-18H2,1-3H3,(H2,25,26,27);1H. The number of rotatable bonds is 8. The Hall–Kier alpha value is -1.84. The minimum absolute atomic E-state index is 0. The molecule has 8 heteroatoms. The lowest BCUT2D eigenvalue weighted by Crippen LogP contribution is -2.49. The van der Waals surface area contributed by atoms with E-state index in [4.69, 9.17) is 0 Å². The molecule has 1 aliphatic heterocycles. The van der Waals surface area contributed by atoms with Crippen molar-refractivity contribution in [3.05, 3.63) is 35.9 Å². The molecule has 2 N–H and O–H groups in total. The van der Waals surface area contributed by atoms with Crippen molar-refractivity contribution < 1.29 is 9.59 Å². The van der Waals surface area contributed by atoms with Gasteiger partial charge in [0.25, 0.3) is 0 Å². The zero-order valence-corrected chi connectivity index (χ0v) is 21.9. The van der Waals surface area contributed by atoms with Crippen molar-refractivity contribution >= 4 is 41.8 Å². The van der Waals surface area contributed by atoms with Crippen molar-refractivity contribution in [1.29, 1.82) is 0 Å². The van der Waals surface area contributed by atoms with Crippen molar-refractivity contribution in [3.8, 4) is 0 Å². The molecule has 3 rings (SSSR count). The molecule has 1 atom stereocenters. The van der Waals surface area contributed by atoms with E-state index in [-0.39, 0.29) is 47.1 Å². The van der Waals surface area contributed by atoms with Crippen LogP contribution in [0.3, 0.4) is 0 Å². The molecular formula is C24H38IN5O2. The second-order valence-corrected chi connectivity index (χ2v) is 9.14. The van der Waals surface area contributed by atoms with Crippen molar-refractivity contribution in [2.24, 2.45) is 16.3 Å².